The van der Waals surface area contributed by atoms with Crippen molar-refractivity contribution >= 4 is 5.97 Å². The van der Waals surface area contributed by atoms with Gasteiger partial charge in [0.1, 0.15) is 24.9 Å². The minimum absolute atomic E-state index is 0.0106. The maximum absolute atomic E-state index is 11.7. The van der Waals surface area contributed by atoms with Crippen LogP contribution in [0.25, 0.3) is 0 Å². The summed E-state index contributed by atoms with van der Waals surface area (Å²) in [4.78, 5) is 11.7. The van der Waals surface area contributed by atoms with Gasteiger partial charge in [0.25, 0.3) is 0 Å². The van der Waals surface area contributed by atoms with Gasteiger partial charge >= 0.3 is 5.97 Å². The molecule has 2 aliphatic heterocycles. The van der Waals surface area contributed by atoms with Gasteiger partial charge in [0, 0.05) is 13.3 Å². The third kappa shape index (κ3) is 8.81. The summed E-state index contributed by atoms with van der Waals surface area (Å²) in [5, 5.41) is 0. The normalized spacial score (nSPS) is 29.2. The van der Waals surface area contributed by atoms with Gasteiger partial charge < -0.3 is 38.9 Å². The van der Waals surface area contributed by atoms with E-state index in [0.29, 0.717) is 19.6 Å². The number of hydrogen-bond acceptors (Lipinski definition) is 9. The van der Waals surface area contributed by atoms with Crippen LogP contribution in [0.2, 0.25) is 0 Å². The number of benzene rings is 2. The van der Waals surface area contributed by atoms with Crippen LogP contribution in [0.15, 0.2) is 60.7 Å². The summed E-state index contributed by atoms with van der Waals surface area (Å²) in [6.45, 7) is 8.00. The highest BCUT2D eigenvalue weighted by Crippen LogP contribution is 2.31. The molecule has 2 fully saturated rings. The molecule has 2 aromatic carbocycles. The largest absolute Gasteiger partial charge is 0.463 e. The Balaban J connectivity index is 1.45. The second-order valence-corrected chi connectivity index (χ2v) is 10.5. The third-order valence-corrected chi connectivity index (χ3v) is 6.78. The Hall–Kier alpha value is -2.37. The standard InChI is InChI=1S/C30H41NO8/c1-20-28(39-30(3,4)38-20)24(31)18-35-27-15-25(34-16-22-11-7-5-8-12-22)29(26(37-27)19-33-21(2)32)36-17-23-13-9-6-10-14-23/h5-14,20,24-29H,15-19,31H2,1-4H3/t20-,24+,25?,26?,27+,28-,29-/m1/s1. The number of nitrogens with two attached hydrogens (primary N) is 1. The van der Waals surface area contributed by atoms with Gasteiger partial charge in [0.2, 0.25) is 0 Å². The van der Waals surface area contributed by atoms with Crippen molar-refractivity contribution in [2.45, 2.75) is 96.0 Å². The Morgan fingerprint density at radius 1 is 0.974 bits per heavy atom. The molecule has 2 aromatic rings. The van der Waals surface area contributed by atoms with Gasteiger partial charge in [0.05, 0.1) is 38.1 Å². The first-order valence-electron chi connectivity index (χ1n) is 13.5. The number of carbonyl (C=O) groups is 1. The maximum atomic E-state index is 11.7. The number of rotatable bonds is 12. The molecule has 0 bridgehead atoms. The second kappa shape index (κ2) is 13.8. The van der Waals surface area contributed by atoms with Crippen LogP contribution in [0.5, 0.6) is 0 Å². The monoisotopic (exact) mass is 543 g/mol. The maximum Gasteiger partial charge on any atom is 0.302 e. The Kier molecular flexibility index (Phi) is 10.5. The van der Waals surface area contributed by atoms with Crippen LogP contribution < -0.4 is 5.73 Å². The minimum Gasteiger partial charge on any atom is -0.463 e. The van der Waals surface area contributed by atoms with Crippen LogP contribution >= 0.6 is 0 Å². The highest BCUT2D eigenvalue weighted by molar-refractivity contribution is 5.65. The highest BCUT2D eigenvalue weighted by atomic mass is 16.8. The van der Waals surface area contributed by atoms with E-state index >= 15 is 0 Å². The molecule has 2 unspecified atom stereocenters. The molecule has 4 rings (SSSR count). The molecule has 7 atom stereocenters. The fraction of sp³-hybridized carbons (Fsp3) is 0.567. The summed E-state index contributed by atoms with van der Waals surface area (Å²) in [6.07, 6.45) is -2.18. The molecule has 0 spiro atoms. The van der Waals surface area contributed by atoms with Crippen molar-refractivity contribution in [3.8, 4) is 0 Å². The zero-order valence-electron chi connectivity index (χ0n) is 23.2. The summed E-state index contributed by atoms with van der Waals surface area (Å²) in [6, 6.07) is 19.4. The average molecular weight is 544 g/mol. The van der Waals surface area contributed by atoms with E-state index in [4.69, 9.17) is 38.9 Å². The van der Waals surface area contributed by atoms with Crippen LogP contribution in [0.4, 0.5) is 0 Å². The van der Waals surface area contributed by atoms with E-state index in [9.17, 15) is 4.79 Å². The fourth-order valence-electron chi connectivity index (χ4n) is 4.97. The van der Waals surface area contributed by atoms with Crippen molar-refractivity contribution in [3.63, 3.8) is 0 Å². The zero-order chi connectivity index (χ0) is 27.8. The van der Waals surface area contributed by atoms with Crippen molar-refractivity contribution in [2.75, 3.05) is 13.2 Å². The topological polar surface area (TPSA) is 108 Å². The van der Waals surface area contributed by atoms with E-state index in [2.05, 4.69) is 0 Å². The lowest BCUT2D eigenvalue weighted by Gasteiger charge is -2.41. The number of esters is 1. The van der Waals surface area contributed by atoms with Crippen LogP contribution in [-0.2, 0) is 51.2 Å². The lowest BCUT2D eigenvalue weighted by atomic mass is 10.0. The quantitative estimate of drug-likeness (QED) is 0.401. The molecule has 9 nitrogen and oxygen atoms in total. The van der Waals surface area contributed by atoms with Crippen LogP contribution in [0, 0.1) is 0 Å². The first kappa shape index (κ1) is 29.6. The molecule has 2 heterocycles. The summed E-state index contributed by atoms with van der Waals surface area (Å²) < 4.78 is 42.3. The van der Waals surface area contributed by atoms with Crippen molar-refractivity contribution in [3.05, 3.63) is 71.8 Å². The summed E-state index contributed by atoms with van der Waals surface area (Å²) in [5.41, 5.74) is 8.50. The third-order valence-electron chi connectivity index (χ3n) is 6.78. The first-order valence-corrected chi connectivity index (χ1v) is 13.5. The van der Waals surface area contributed by atoms with Crippen LogP contribution in [0.3, 0.4) is 0 Å². The van der Waals surface area contributed by atoms with Crippen molar-refractivity contribution in [2.24, 2.45) is 5.73 Å². The summed E-state index contributed by atoms with van der Waals surface area (Å²) in [7, 11) is 0. The molecule has 0 saturated carbocycles. The molecular weight excluding hydrogens is 502 g/mol. The van der Waals surface area contributed by atoms with E-state index in [1.54, 1.807) is 0 Å². The Labute approximate surface area is 230 Å². The summed E-state index contributed by atoms with van der Waals surface area (Å²) in [5.74, 6) is -1.10. The van der Waals surface area contributed by atoms with Crippen molar-refractivity contribution < 1.29 is 38.0 Å². The number of carbonyl (C=O) groups excluding carboxylic acids is 1. The van der Waals surface area contributed by atoms with Crippen molar-refractivity contribution in [1.29, 1.82) is 0 Å². The average Bonchev–Trinajstić information content (AvgIpc) is 3.21. The van der Waals surface area contributed by atoms with E-state index in [0.717, 1.165) is 11.1 Å². The smallest absolute Gasteiger partial charge is 0.302 e. The van der Waals surface area contributed by atoms with Gasteiger partial charge in [-0.25, -0.2) is 0 Å². The van der Waals surface area contributed by atoms with E-state index in [-0.39, 0.29) is 31.5 Å². The lowest BCUT2D eigenvalue weighted by molar-refractivity contribution is -0.278. The summed E-state index contributed by atoms with van der Waals surface area (Å²) >= 11 is 0. The predicted molar refractivity (Wildman–Crippen MR) is 143 cm³/mol. The lowest BCUT2D eigenvalue weighted by Crippen LogP contribution is -2.54. The number of hydrogen-bond donors (Lipinski definition) is 1. The van der Waals surface area contributed by atoms with E-state index in [1.165, 1.54) is 6.92 Å². The number of ether oxygens (including phenoxy) is 7. The Bertz CT molecular complexity index is 1020. The van der Waals surface area contributed by atoms with E-state index in [1.807, 2.05) is 81.4 Å². The van der Waals surface area contributed by atoms with Gasteiger partial charge in [-0.15, -0.1) is 0 Å². The molecule has 0 radical (unpaired) electrons. The molecule has 0 aliphatic carbocycles. The van der Waals surface area contributed by atoms with Gasteiger partial charge in [0.15, 0.2) is 12.1 Å². The fourth-order valence-corrected chi connectivity index (χ4v) is 4.97. The molecule has 39 heavy (non-hydrogen) atoms. The zero-order valence-corrected chi connectivity index (χ0v) is 23.2. The molecule has 0 amide bonds. The van der Waals surface area contributed by atoms with Crippen LogP contribution in [0.1, 0.15) is 45.2 Å². The van der Waals surface area contributed by atoms with Crippen LogP contribution in [-0.4, -0.2) is 67.8 Å². The van der Waals surface area contributed by atoms with Crippen molar-refractivity contribution in [1.82, 2.24) is 0 Å². The molecule has 0 aromatic heterocycles. The van der Waals surface area contributed by atoms with Gasteiger partial charge in [-0.1, -0.05) is 60.7 Å². The van der Waals surface area contributed by atoms with Gasteiger partial charge in [-0.3, -0.25) is 4.79 Å². The SMILES string of the molecule is CC(=O)OCC1O[C@H](OC[C@H](N)[C@@H]2OC(C)(C)O[C@@H]2C)CC(OCc2ccccc2)[C@H]1OCc1ccccc1. The molecule has 2 N–H and O–H groups in total. The predicted octanol–water partition coefficient (Wildman–Crippen LogP) is 3.72. The second-order valence-electron chi connectivity index (χ2n) is 10.5. The highest BCUT2D eigenvalue weighted by Gasteiger charge is 2.44. The minimum atomic E-state index is -0.697. The molecule has 2 aliphatic rings. The van der Waals surface area contributed by atoms with E-state index < -0.39 is 36.3 Å². The first-order chi connectivity index (χ1) is 18.7. The molecule has 9 heteroatoms. The molecule has 2 saturated heterocycles. The van der Waals surface area contributed by atoms with Gasteiger partial charge in [-0.2, -0.15) is 0 Å². The Morgan fingerprint density at radius 3 is 2.15 bits per heavy atom. The Morgan fingerprint density at radius 2 is 1.59 bits per heavy atom. The molecular formula is C30H41NO8. The molecule has 214 valence electrons. The van der Waals surface area contributed by atoms with Gasteiger partial charge in [-0.05, 0) is 31.9 Å².